The van der Waals surface area contributed by atoms with Crippen molar-refractivity contribution in [3.8, 4) is 17.0 Å². The van der Waals surface area contributed by atoms with Crippen molar-refractivity contribution < 1.29 is 4.74 Å². The van der Waals surface area contributed by atoms with Gasteiger partial charge in [0.05, 0.1) is 19.3 Å². The predicted octanol–water partition coefficient (Wildman–Crippen LogP) is 1.38. The van der Waals surface area contributed by atoms with Crippen molar-refractivity contribution in [2.75, 3.05) is 27.7 Å². The zero-order chi connectivity index (χ0) is 15.0. The molecule has 3 rings (SSSR count). The van der Waals surface area contributed by atoms with Crippen LogP contribution in [0.5, 0.6) is 5.75 Å². The zero-order valence-electron chi connectivity index (χ0n) is 12.6. The monoisotopic (exact) mass is 285 g/mol. The number of benzene rings is 1. The van der Waals surface area contributed by atoms with Crippen LogP contribution in [0.15, 0.2) is 29.1 Å². The van der Waals surface area contributed by atoms with Crippen molar-refractivity contribution in [1.29, 1.82) is 0 Å². The maximum atomic E-state index is 12.1. The van der Waals surface area contributed by atoms with Crippen LogP contribution in [0.1, 0.15) is 11.1 Å². The molecule has 21 heavy (non-hydrogen) atoms. The first-order chi connectivity index (χ1) is 10.1. The summed E-state index contributed by atoms with van der Waals surface area (Å²) >= 11 is 0. The fourth-order valence-electron chi connectivity index (χ4n) is 2.60. The molecule has 0 saturated carbocycles. The van der Waals surface area contributed by atoms with E-state index in [1.165, 1.54) is 5.56 Å². The van der Waals surface area contributed by atoms with E-state index in [1.807, 2.05) is 37.2 Å². The Labute approximate surface area is 123 Å². The Hall–Kier alpha value is -2.14. The Morgan fingerprint density at radius 1 is 1.29 bits per heavy atom. The second-order valence-corrected chi connectivity index (χ2v) is 5.58. The van der Waals surface area contributed by atoms with Crippen molar-refractivity contribution in [2.45, 2.75) is 13.0 Å². The molecular formula is C16H19N3O2. The molecule has 0 amide bonds. The first-order valence-electron chi connectivity index (χ1n) is 7.01. The summed E-state index contributed by atoms with van der Waals surface area (Å²) in [6.45, 7) is 1.38. The van der Waals surface area contributed by atoms with Crippen LogP contribution in [0.4, 0.5) is 0 Å². The number of hydrogen-bond donors (Lipinski definition) is 0. The highest BCUT2D eigenvalue weighted by molar-refractivity contribution is 5.74. The number of likely N-dealkylation sites (N-methyl/N-ethyl adjacent to an activating group) is 1. The molecule has 0 radical (unpaired) electrons. The minimum atomic E-state index is -0.0321. The van der Waals surface area contributed by atoms with Gasteiger partial charge in [-0.05, 0) is 37.4 Å². The summed E-state index contributed by atoms with van der Waals surface area (Å²) in [6.07, 6.45) is 0.769. The summed E-state index contributed by atoms with van der Waals surface area (Å²) in [5, 5.41) is 4.56. The number of fused-ring (bicyclic) bond motifs is 3. The number of nitrogens with zero attached hydrogens (tertiary/aromatic N) is 3. The molecule has 0 spiro atoms. The lowest BCUT2D eigenvalue weighted by Crippen LogP contribution is -2.28. The van der Waals surface area contributed by atoms with Crippen molar-refractivity contribution in [1.82, 2.24) is 14.7 Å². The maximum absolute atomic E-state index is 12.1. The standard InChI is InChI=1S/C16H19N3O2/c1-18(2)6-7-19-15(20)9-12-8-11-4-5-13(21-3)10-14(11)16(12)17-19/h4-5,9-10H,6-8H2,1-3H3. The molecule has 0 aliphatic heterocycles. The van der Waals surface area contributed by atoms with E-state index in [0.717, 1.165) is 35.5 Å². The van der Waals surface area contributed by atoms with Crippen molar-refractivity contribution in [2.24, 2.45) is 0 Å². The van der Waals surface area contributed by atoms with Gasteiger partial charge in [0.1, 0.15) is 5.75 Å². The largest absolute Gasteiger partial charge is 0.497 e. The van der Waals surface area contributed by atoms with E-state index in [0.29, 0.717) is 6.54 Å². The molecule has 2 aromatic rings. The van der Waals surface area contributed by atoms with Crippen molar-refractivity contribution in [3.05, 3.63) is 45.7 Å². The molecule has 0 unspecified atom stereocenters. The van der Waals surface area contributed by atoms with E-state index in [4.69, 9.17) is 4.74 Å². The van der Waals surface area contributed by atoms with Crippen LogP contribution >= 0.6 is 0 Å². The Morgan fingerprint density at radius 3 is 2.81 bits per heavy atom. The van der Waals surface area contributed by atoms with Crippen LogP contribution in [0.25, 0.3) is 11.3 Å². The van der Waals surface area contributed by atoms with Gasteiger partial charge >= 0.3 is 0 Å². The van der Waals surface area contributed by atoms with Gasteiger partial charge in [-0.25, -0.2) is 4.68 Å². The van der Waals surface area contributed by atoms with E-state index in [2.05, 4.69) is 5.10 Å². The normalized spacial score (nSPS) is 12.4. The molecule has 5 nitrogen and oxygen atoms in total. The van der Waals surface area contributed by atoms with Crippen LogP contribution in [-0.2, 0) is 13.0 Å². The molecule has 0 bridgehead atoms. The number of methoxy groups -OCH3 is 1. The van der Waals surface area contributed by atoms with E-state index in [-0.39, 0.29) is 5.56 Å². The highest BCUT2D eigenvalue weighted by Crippen LogP contribution is 2.36. The van der Waals surface area contributed by atoms with Gasteiger partial charge in [-0.3, -0.25) is 4.79 Å². The number of rotatable bonds is 4. The van der Waals surface area contributed by atoms with Gasteiger partial charge < -0.3 is 9.64 Å². The Morgan fingerprint density at radius 2 is 2.10 bits per heavy atom. The van der Waals surface area contributed by atoms with Gasteiger partial charge in [-0.1, -0.05) is 6.07 Å². The average molecular weight is 285 g/mol. The first kappa shape index (κ1) is 13.8. The molecule has 0 N–H and O–H groups in total. The SMILES string of the molecule is COc1ccc2c(c1)-c1nn(CCN(C)C)c(=O)cc1C2. The molecule has 5 heteroatoms. The Kier molecular flexibility index (Phi) is 3.51. The van der Waals surface area contributed by atoms with Crippen LogP contribution < -0.4 is 10.3 Å². The lowest BCUT2D eigenvalue weighted by Gasteiger charge is -2.11. The summed E-state index contributed by atoms with van der Waals surface area (Å²) in [5.41, 5.74) is 4.15. The fraction of sp³-hybridized carbons (Fsp3) is 0.375. The minimum absolute atomic E-state index is 0.0321. The van der Waals surface area contributed by atoms with Crippen LogP contribution in [0, 0.1) is 0 Å². The Bertz CT molecular complexity index is 735. The summed E-state index contributed by atoms with van der Waals surface area (Å²) < 4.78 is 6.83. The Balaban J connectivity index is 2.03. The second-order valence-electron chi connectivity index (χ2n) is 5.58. The smallest absolute Gasteiger partial charge is 0.267 e. The first-order valence-corrected chi connectivity index (χ1v) is 7.01. The minimum Gasteiger partial charge on any atom is -0.497 e. The predicted molar refractivity (Wildman–Crippen MR) is 81.8 cm³/mol. The van der Waals surface area contributed by atoms with Gasteiger partial charge in [0.25, 0.3) is 5.56 Å². The van der Waals surface area contributed by atoms with Gasteiger partial charge in [0, 0.05) is 24.6 Å². The molecule has 1 aliphatic rings. The molecule has 110 valence electrons. The molecule has 0 atom stereocenters. The molecule has 1 aromatic heterocycles. The average Bonchev–Trinajstić information content (AvgIpc) is 2.80. The van der Waals surface area contributed by atoms with Gasteiger partial charge in [0.15, 0.2) is 0 Å². The van der Waals surface area contributed by atoms with E-state index in [9.17, 15) is 4.79 Å². The number of aromatic nitrogens is 2. The highest BCUT2D eigenvalue weighted by atomic mass is 16.5. The second kappa shape index (κ2) is 5.33. The van der Waals surface area contributed by atoms with Crippen molar-refractivity contribution in [3.63, 3.8) is 0 Å². The molecular weight excluding hydrogens is 266 g/mol. The molecule has 1 aliphatic carbocycles. The third-order valence-corrected chi connectivity index (χ3v) is 3.79. The lowest BCUT2D eigenvalue weighted by atomic mass is 10.1. The molecule has 1 heterocycles. The van der Waals surface area contributed by atoms with E-state index in [1.54, 1.807) is 17.9 Å². The number of hydrogen-bond acceptors (Lipinski definition) is 4. The molecule has 0 fully saturated rings. The summed E-state index contributed by atoms with van der Waals surface area (Å²) in [7, 11) is 5.63. The van der Waals surface area contributed by atoms with E-state index >= 15 is 0 Å². The zero-order valence-corrected chi connectivity index (χ0v) is 12.6. The van der Waals surface area contributed by atoms with Crippen LogP contribution in [0.2, 0.25) is 0 Å². The quantitative estimate of drug-likeness (QED) is 0.726. The molecule has 1 aromatic carbocycles. The van der Waals surface area contributed by atoms with E-state index < -0.39 is 0 Å². The lowest BCUT2D eigenvalue weighted by molar-refractivity contribution is 0.368. The number of ether oxygens (including phenoxy) is 1. The third kappa shape index (κ3) is 2.56. The van der Waals surface area contributed by atoms with Crippen molar-refractivity contribution >= 4 is 0 Å². The highest BCUT2D eigenvalue weighted by Gasteiger charge is 2.22. The topological polar surface area (TPSA) is 47.4 Å². The third-order valence-electron chi connectivity index (χ3n) is 3.79. The summed E-state index contributed by atoms with van der Waals surface area (Å²) in [4.78, 5) is 14.2. The van der Waals surface area contributed by atoms with Gasteiger partial charge in [-0.15, -0.1) is 0 Å². The molecule has 0 saturated heterocycles. The fourth-order valence-corrected chi connectivity index (χ4v) is 2.60. The van der Waals surface area contributed by atoms with Gasteiger partial charge in [0.2, 0.25) is 0 Å². The van der Waals surface area contributed by atoms with Gasteiger partial charge in [-0.2, -0.15) is 5.10 Å². The van der Waals surface area contributed by atoms with Crippen LogP contribution in [0.3, 0.4) is 0 Å². The van der Waals surface area contributed by atoms with Crippen LogP contribution in [-0.4, -0.2) is 42.4 Å². The summed E-state index contributed by atoms with van der Waals surface area (Å²) in [5.74, 6) is 0.814. The summed E-state index contributed by atoms with van der Waals surface area (Å²) in [6, 6.07) is 7.70. The maximum Gasteiger partial charge on any atom is 0.267 e.